The summed E-state index contributed by atoms with van der Waals surface area (Å²) in [6.07, 6.45) is 0. The average molecular weight is 465 g/mol. The van der Waals surface area contributed by atoms with Gasteiger partial charge in [0, 0.05) is 11.4 Å². The van der Waals surface area contributed by atoms with Gasteiger partial charge in [0.25, 0.3) is 0 Å². The highest BCUT2D eigenvalue weighted by Crippen LogP contribution is 2.43. The third-order valence-electron chi connectivity index (χ3n) is 4.96. The topological polar surface area (TPSA) is 122 Å². The molecule has 0 bridgehead atoms. The van der Waals surface area contributed by atoms with Gasteiger partial charge in [-0.15, -0.1) is 0 Å². The number of aryl methyl sites for hydroxylation is 2. The maximum Gasteiger partial charge on any atom is 0.339 e. The SMILES string of the molecule is CCOC(=O)C1=C(SCc2nc(C)cc(C)c2C#N)OC(N)=C(C#N)C1c1ccc(F)cc1. The van der Waals surface area contributed by atoms with E-state index in [4.69, 9.17) is 15.2 Å². The van der Waals surface area contributed by atoms with Crippen LogP contribution >= 0.6 is 11.8 Å². The number of ether oxygens (including phenoxy) is 2. The lowest BCUT2D eigenvalue weighted by Gasteiger charge is -2.27. The minimum Gasteiger partial charge on any atom is -0.462 e. The summed E-state index contributed by atoms with van der Waals surface area (Å²) in [7, 11) is 0. The van der Waals surface area contributed by atoms with Gasteiger partial charge in [-0.25, -0.2) is 9.18 Å². The van der Waals surface area contributed by atoms with Crippen LogP contribution in [0.4, 0.5) is 4.39 Å². The highest BCUT2D eigenvalue weighted by atomic mass is 32.2. The van der Waals surface area contributed by atoms with E-state index in [0.717, 1.165) is 23.0 Å². The lowest BCUT2D eigenvalue weighted by molar-refractivity contribution is -0.139. The molecule has 2 N–H and O–H groups in total. The monoisotopic (exact) mass is 464 g/mol. The number of hydrogen-bond donors (Lipinski definition) is 1. The number of nitrogens with zero attached hydrogens (tertiary/aromatic N) is 3. The maximum atomic E-state index is 13.5. The van der Waals surface area contributed by atoms with Gasteiger partial charge in [-0.05, 0) is 50.1 Å². The number of benzene rings is 1. The second kappa shape index (κ2) is 10.2. The molecule has 1 aliphatic rings. The zero-order chi connectivity index (χ0) is 24.1. The summed E-state index contributed by atoms with van der Waals surface area (Å²) >= 11 is 1.12. The number of hydrogen-bond acceptors (Lipinski definition) is 8. The highest BCUT2D eigenvalue weighted by molar-refractivity contribution is 8.02. The molecule has 0 saturated carbocycles. The molecule has 1 atom stereocenters. The summed E-state index contributed by atoms with van der Waals surface area (Å²) in [4.78, 5) is 17.4. The van der Waals surface area contributed by atoms with E-state index in [1.165, 1.54) is 24.3 Å². The predicted molar refractivity (Wildman–Crippen MR) is 120 cm³/mol. The zero-order valence-corrected chi connectivity index (χ0v) is 19.1. The number of thioether (sulfide) groups is 1. The van der Waals surface area contributed by atoms with E-state index >= 15 is 0 Å². The molecule has 3 rings (SSSR count). The number of rotatable bonds is 6. The standard InChI is InChI=1S/C24H21FN4O3S/c1-4-31-23(30)21-20(15-5-7-16(25)8-6-15)18(11-27)22(28)32-24(21)33-12-19-17(10-26)13(2)9-14(3)29-19/h5-9,20H,4,12,28H2,1-3H3. The van der Waals surface area contributed by atoms with Crippen LogP contribution in [0.3, 0.4) is 0 Å². The van der Waals surface area contributed by atoms with E-state index in [9.17, 15) is 19.7 Å². The third-order valence-corrected chi connectivity index (χ3v) is 5.94. The van der Waals surface area contributed by atoms with Crippen LogP contribution in [0.5, 0.6) is 0 Å². The van der Waals surface area contributed by atoms with Gasteiger partial charge >= 0.3 is 5.97 Å². The quantitative estimate of drug-likeness (QED) is 0.631. The Kier molecular flexibility index (Phi) is 7.37. The Morgan fingerprint density at radius 3 is 2.58 bits per heavy atom. The summed E-state index contributed by atoms with van der Waals surface area (Å²) in [6.45, 7) is 5.42. The van der Waals surface area contributed by atoms with Crippen LogP contribution in [0.1, 0.15) is 40.9 Å². The number of aromatic nitrogens is 1. The highest BCUT2D eigenvalue weighted by Gasteiger charge is 2.38. The number of carbonyl (C=O) groups excluding carboxylic acids is 1. The van der Waals surface area contributed by atoms with Gasteiger partial charge in [-0.3, -0.25) is 4.98 Å². The fraction of sp³-hybridized carbons (Fsp3) is 0.250. The smallest absolute Gasteiger partial charge is 0.339 e. The van der Waals surface area contributed by atoms with Crippen molar-refractivity contribution in [3.05, 3.63) is 86.3 Å². The Hall–Kier alpha value is -3.82. The summed E-state index contributed by atoms with van der Waals surface area (Å²) in [5.74, 6) is -1.97. The van der Waals surface area contributed by atoms with Crippen molar-refractivity contribution in [1.82, 2.24) is 4.98 Å². The molecule has 2 aromatic rings. The van der Waals surface area contributed by atoms with Gasteiger partial charge in [-0.2, -0.15) is 10.5 Å². The van der Waals surface area contributed by atoms with Crippen LogP contribution in [-0.4, -0.2) is 17.6 Å². The number of nitriles is 2. The molecule has 1 aromatic carbocycles. The molecule has 33 heavy (non-hydrogen) atoms. The van der Waals surface area contributed by atoms with Crippen molar-refractivity contribution in [2.24, 2.45) is 5.73 Å². The number of halogens is 1. The van der Waals surface area contributed by atoms with E-state index in [0.29, 0.717) is 16.8 Å². The van der Waals surface area contributed by atoms with Gasteiger partial charge in [0.1, 0.15) is 23.5 Å². The molecule has 2 heterocycles. The molecule has 0 spiro atoms. The van der Waals surface area contributed by atoms with Crippen LogP contribution in [0.15, 0.2) is 52.5 Å². The lowest BCUT2D eigenvalue weighted by atomic mass is 9.84. The van der Waals surface area contributed by atoms with Gasteiger partial charge in [0.15, 0.2) is 5.09 Å². The van der Waals surface area contributed by atoms with Crippen molar-refractivity contribution in [2.75, 3.05) is 6.61 Å². The minimum atomic E-state index is -0.895. The Morgan fingerprint density at radius 2 is 1.97 bits per heavy atom. The summed E-state index contributed by atoms with van der Waals surface area (Å²) < 4.78 is 24.5. The molecule has 1 aromatic heterocycles. The van der Waals surface area contributed by atoms with Crippen molar-refractivity contribution in [3.63, 3.8) is 0 Å². The molecule has 168 valence electrons. The molecular weight excluding hydrogens is 443 g/mol. The maximum absolute atomic E-state index is 13.5. The molecular formula is C24H21FN4O3S. The van der Waals surface area contributed by atoms with Crippen LogP contribution in [-0.2, 0) is 20.0 Å². The number of nitrogens with two attached hydrogens (primary N) is 1. The Labute approximate surface area is 195 Å². The fourth-order valence-electron chi connectivity index (χ4n) is 3.54. The van der Waals surface area contributed by atoms with Crippen molar-refractivity contribution in [3.8, 4) is 12.1 Å². The minimum absolute atomic E-state index is 0.0243. The van der Waals surface area contributed by atoms with Crippen LogP contribution in [0, 0.1) is 42.3 Å². The number of allylic oxidation sites excluding steroid dienone is 1. The van der Waals surface area contributed by atoms with E-state index in [2.05, 4.69) is 11.1 Å². The van der Waals surface area contributed by atoms with Crippen LogP contribution in [0.2, 0.25) is 0 Å². The summed E-state index contributed by atoms with van der Waals surface area (Å²) in [5, 5.41) is 19.4. The fourth-order valence-corrected chi connectivity index (χ4v) is 4.53. The summed E-state index contributed by atoms with van der Waals surface area (Å²) in [6, 6.07) is 11.4. The largest absolute Gasteiger partial charge is 0.462 e. The summed E-state index contributed by atoms with van der Waals surface area (Å²) in [5.41, 5.74) is 9.16. The zero-order valence-electron chi connectivity index (χ0n) is 18.3. The van der Waals surface area contributed by atoms with E-state index in [1.54, 1.807) is 6.92 Å². The van der Waals surface area contributed by atoms with E-state index < -0.39 is 17.7 Å². The van der Waals surface area contributed by atoms with Crippen molar-refractivity contribution in [1.29, 1.82) is 10.5 Å². The van der Waals surface area contributed by atoms with Gasteiger partial charge in [0.2, 0.25) is 5.88 Å². The van der Waals surface area contributed by atoms with Gasteiger partial charge < -0.3 is 15.2 Å². The lowest BCUT2D eigenvalue weighted by Crippen LogP contribution is -2.25. The van der Waals surface area contributed by atoms with Crippen molar-refractivity contribution >= 4 is 17.7 Å². The molecule has 0 saturated heterocycles. The van der Waals surface area contributed by atoms with Crippen LogP contribution in [0.25, 0.3) is 0 Å². The predicted octanol–water partition coefficient (Wildman–Crippen LogP) is 4.23. The molecule has 0 fully saturated rings. The van der Waals surface area contributed by atoms with Gasteiger partial charge in [-0.1, -0.05) is 23.9 Å². The molecule has 0 amide bonds. The molecule has 9 heteroatoms. The Bertz CT molecular complexity index is 1240. The number of pyridine rings is 1. The van der Waals surface area contributed by atoms with Crippen LogP contribution < -0.4 is 5.73 Å². The first-order valence-electron chi connectivity index (χ1n) is 10.0. The normalized spacial score (nSPS) is 15.5. The number of esters is 1. The van der Waals surface area contributed by atoms with Gasteiger partial charge in [0.05, 0.1) is 29.4 Å². The molecule has 1 aliphatic heterocycles. The molecule has 0 aliphatic carbocycles. The Balaban J connectivity index is 2.11. The average Bonchev–Trinajstić information content (AvgIpc) is 2.77. The second-order valence-electron chi connectivity index (χ2n) is 7.20. The van der Waals surface area contributed by atoms with Crippen molar-refractivity contribution < 1.29 is 18.7 Å². The first-order chi connectivity index (χ1) is 15.8. The van der Waals surface area contributed by atoms with Crippen molar-refractivity contribution in [2.45, 2.75) is 32.4 Å². The number of carbonyl (C=O) groups is 1. The first-order valence-corrected chi connectivity index (χ1v) is 11.0. The van der Waals surface area contributed by atoms with E-state index in [1.807, 2.05) is 26.0 Å². The van der Waals surface area contributed by atoms with E-state index in [-0.39, 0.29) is 34.5 Å². The molecule has 0 radical (unpaired) electrons. The Morgan fingerprint density at radius 1 is 1.27 bits per heavy atom. The molecule has 7 nitrogen and oxygen atoms in total. The second-order valence-corrected chi connectivity index (χ2v) is 8.15. The molecule has 1 unspecified atom stereocenters. The first kappa shape index (κ1) is 23.8. The third kappa shape index (κ3) is 5.00.